The van der Waals surface area contributed by atoms with Gasteiger partial charge in [0.25, 0.3) is 5.91 Å². The van der Waals surface area contributed by atoms with Crippen LogP contribution in [-0.4, -0.2) is 268 Å². The summed E-state index contributed by atoms with van der Waals surface area (Å²) in [5.41, 5.74) is 0.345. The second-order valence-electron chi connectivity index (χ2n) is 17.8. The van der Waals surface area contributed by atoms with Crippen LogP contribution in [0.1, 0.15) is 41.3 Å². The predicted molar refractivity (Wildman–Crippen MR) is 305 cm³/mol. The quantitative estimate of drug-likeness (QED) is 0.0409. The normalized spacial score (nSPS) is 11.8. The molecule has 0 aliphatic rings. The van der Waals surface area contributed by atoms with E-state index in [2.05, 4.69) is 5.32 Å². The molecule has 0 bridgehead atoms. The number of methoxy groups -OCH3 is 1. The molecule has 0 aliphatic carbocycles. The Bertz CT molecular complexity index is 2020. The summed E-state index contributed by atoms with van der Waals surface area (Å²) < 4.78 is 130. The lowest BCUT2D eigenvalue weighted by Gasteiger charge is -2.19. The first-order valence-corrected chi connectivity index (χ1v) is 31.8. The molecule has 0 spiro atoms. The van der Waals surface area contributed by atoms with Crippen molar-refractivity contribution < 1.29 is 133 Å². The van der Waals surface area contributed by atoms with Crippen molar-refractivity contribution in [2.45, 2.75) is 32.1 Å². The van der Waals surface area contributed by atoms with E-state index in [0.29, 0.717) is 152 Å². The summed E-state index contributed by atoms with van der Waals surface area (Å²) in [6.07, 6.45) is -0.479. The highest BCUT2D eigenvalue weighted by atomic mass is 31.2. The van der Waals surface area contributed by atoms with E-state index >= 15 is 0 Å². The molecule has 0 saturated carbocycles. The number of hydrogen-bond donors (Lipinski definition) is 6. The van der Waals surface area contributed by atoms with Crippen LogP contribution in [0.2, 0.25) is 0 Å². The number of nitrogens with one attached hydrogen (secondary N) is 1. The van der Waals surface area contributed by atoms with E-state index in [0.717, 1.165) is 6.42 Å². The average molecular weight is 1270 g/mol. The third kappa shape index (κ3) is 47.0. The van der Waals surface area contributed by atoms with E-state index < -0.39 is 39.4 Å². The molecule has 0 radical (unpaired) electrons. The van der Waals surface area contributed by atoms with Gasteiger partial charge in [-0.1, -0.05) is 13.0 Å². The standard InChI is InChI=1S/C54H93NO28P2/c1-3-6-66-11-13-69-27-30-77-33-36-81-50-42-48(54(58)55-5-8-80-49-40-46(44-84(59,60)61)39-47(41-49)45-85(62,63)64)43-51(82-37-34-78-31-28-71-16-15-68-10-9-65-2)53(50)83-38-35-79-32-29-76-26-25-75-24-23-74-22-21-73-20-19-72-18-17-70-14-12-67-7-4-52(56)57/h39-43H,3-38,44-45H2,1-2H3,(H,55,58)(H,56,57)(H2,59,60,61)(H2,62,63,64). The number of carboxylic acid groups (broad SMARTS) is 1. The third-order valence-electron chi connectivity index (χ3n) is 10.5. The summed E-state index contributed by atoms with van der Waals surface area (Å²) in [5.74, 6) is -0.872. The number of hydrogen-bond acceptors (Lipinski definition) is 23. The molecular formula is C54H93NO28P2. The smallest absolute Gasteiger partial charge is 0.329 e. The van der Waals surface area contributed by atoms with Crippen LogP contribution in [0.25, 0.3) is 0 Å². The SMILES string of the molecule is CCCOCCOCCOCCOc1cc(C(=O)NCCOc2cc(CP(=O)(O)O)cc(CP(=O)(O)O)c2)cc(OCCOCCOCCOCCOC)c1OCCOCCOCCOCCOCCOCCOCCOCCOCCC(=O)O. The van der Waals surface area contributed by atoms with Crippen LogP contribution < -0.4 is 24.3 Å². The predicted octanol–water partition coefficient (Wildman–Crippen LogP) is 2.75. The molecule has 85 heavy (non-hydrogen) atoms. The number of carboxylic acids is 1. The average Bonchev–Trinajstić information content (AvgIpc) is 2.73. The van der Waals surface area contributed by atoms with Gasteiger partial charge in [0.1, 0.15) is 32.2 Å². The summed E-state index contributed by atoms with van der Waals surface area (Å²) in [6, 6.07) is 6.96. The first-order chi connectivity index (χ1) is 41.2. The van der Waals surface area contributed by atoms with E-state index in [1.807, 2.05) is 6.92 Å². The van der Waals surface area contributed by atoms with Gasteiger partial charge in [-0.25, -0.2) is 0 Å². The number of carbonyl (C=O) groups excluding carboxylic acids is 1. The van der Waals surface area contributed by atoms with Crippen molar-refractivity contribution in [2.24, 2.45) is 0 Å². The van der Waals surface area contributed by atoms with Crippen LogP contribution >= 0.6 is 15.2 Å². The highest BCUT2D eigenvalue weighted by Crippen LogP contribution is 2.43. The van der Waals surface area contributed by atoms with Crippen LogP contribution in [0, 0.1) is 0 Å². The van der Waals surface area contributed by atoms with Crippen LogP contribution in [0.5, 0.6) is 23.0 Å². The Balaban J connectivity index is 1.94. The van der Waals surface area contributed by atoms with Crippen molar-refractivity contribution in [2.75, 3.05) is 232 Å². The Hall–Kier alpha value is -3.72. The topological polar surface area (TPSA) is 357 Å². The fraction of sp³-hybridized carbons (Fsp3) is 0.741. The summed E-state index contributed by atoms with van der Waals surface area (Å²) >= 11 is 0. The summed E-state index contributed by atoms with van der Waals surface area (Å²) in [7, 11) is -7.48. The van der Waals surface area contributed by atoms with Crippen LogP contribution in [0.4, 0.5) is 0 Å². The van der Waals surface area contributed by atoms with Gasteiger partial charge in [-0.15, -0.1) is 0 Å². The highest BCUT2D eigenvalue weighted by molar-refractivity contribution is 7.51. The minimum atomic E-state index is -4.54. The van der Waals surface area contributed by atoms with Gasteiger partial charge in [0.05, 0.1) is 210 Å². The molecule has 31 heteroatoms. The molecule has 0 atom stereocenters. The van der Waals surface area contributed by atoms with Gasteiger partial charge >= 0.3 is 21.2 Å². The van der Waals surface area contributed by atoms with E-state index in [-0.39, 0.29) is 119 Å². The maximum absolute atomic E-state index is 13.8. The van der Waals surface area contributed by atoms with Crippen molar-refractivity contribution in [3.05, 3.63) is 47.0 Å². The second-order valence-corrected chi connectivity index (χ2v) is 21.1. The Labute approximate surface area is 498 Å². The Morgan fingerprint density at radius 3 is 1.05 bits per heavy atom. The largest absolute Gasteiger partial charge is 0.492 e. The molecule has 0 saturated heterocycles. The van der Waals surface area contributed by atoms with Gasteiger partial charge in [0.2, 0.25) is 5.75 Å². The lowest BCUT2D eigenvalue weighted by atomic mass is 10.1. The van der Waals surface area contributed by atoms with E-state index in [4.69, 9.17) is 95.1 Å². The number of amides is 1. The molecule has 492 valence electrons. The van der Waals surface area contributed by atoms with Gasteiger partial charge < -0.3 is 120 Å². The molecule has 0 unspecified atom stereocenters. The molecule has 0 fully saturated rings. The molecule has 6 N–H and O–H groups in total. The number of carbonyl (C=O) groups is 2. The Kier molecular flexibility index (Phi) is 47.6. The zero-order valence-electron chi connectivity index (χ0n) is 49.3. The molecule has 1 amide bonds. The molecule has 0 heterocycles. The first-order valence-electron chi connectivity index (χ1n) is 28.2. The van der Waals surface area contributed by atoms with Gasteiger partial charge in [-0.3, -0.25) is 18.7 Å². The number of benzene rings is 2. The summed E-state index contributed by atoms with van der Waals surface area (Å²) in [5, 5.41) is 11.3. The summed E-state index contributed by atoms with van der Waals surface area (Å²) in [6.45, 7) is 12.3. The molecule has 2 rings (SSSR count). The van der Waals surface area contributed by atoms with Gasteiger partial charge in [-0.2, -0.15) is 0 Å². The maximum Gasteiger partial charge on any atom is 0.329 e. The Morgan fingerprint density at radius 2 is 0.718 bits per heavy atom. The zero-order chi connectivity index (χ0) is 61.7. The van der Waals surface area contributed by atoms with E-state index in [1.165, 1.54) is 30.3 Å². The molecule has 0 aliphatic heterocycles. The van der Waals surface area contributed by atoms with Crippen molar-refractivity contribution in [3.63, 3.8) is 0 Å². The second kappa shape index (κ2) is 52.2. The van der Waals surface area contributed by atoms with E-state index in [1.54, 1.807) is 7.11 Å². The maximum atomic E-state index is 13.8. The fourth-order valence-corrected chi connectivity index (χ4v) is 8.08. The lowest BCUT2D eigenvalue weighted by Crippen LogP contribution is -2.28. The fourth-order valence-electron chi connectivity index (χ4n) is 6.77. The molecular weight excluding hydrogens is 1170 g/mol. The van der Waals surface area contributed by atoms with Gasteiger partial charge in [0.15, 0.2) is 11.5 Å². The van der Waals surface area contributed by atoms with Gasteiger partial charge in [0, 0.05) is 19.3 Å². The van der Waals surface area contributed by atoms with E-state index in [9.17, 15) is 38.3 Å². The number of aliphatic carboxylic acids is 1. The summed E-state index contributed by atoms with van der Waals surface area (Å²) in [4.78, 5) is 62.4. The lowest BCUT2D eigenvalue weighted by molar-refractivity contribution is -0.138. The minimum Gasteiger partial charge on any atom is -0.492 e. The molecule has 29 nitrogen and oxygen atoms in total. The zero-order valence-corrected chi connectivity index (χ0v) is 51.1. The van der Waals surface area contributed by atoms with Crippen LogP contribution in [-0.2, 0) is 97.3 Å². The molecule has 0 aromatic heterocycles. The highest BCUT2D eigenvalue weighted by Gasteiger charge is 2.21. The van der Waals surface area contributed by atoms with Gasteiger partial charge in [-0.05, 0) is 41.8 Å². The molecule has 2 aromatic rings. The minimum absolute atomic E-state index is 0.0370. The van der Waals surface area contributed by atoms with Crippen LogP contribution in [0.15, 0.2) is 30.3 Å². The first kappa shape index (κ1) is 77.4. The number of ether oxygens (including phenoxy) is 19. The monoisotopic (exact) mass is 1270 g/mol. The van der Waals surface area contributed by atoms with Crippen LogP contribution in [0.3, 0.4) is 0 Å². The van der Waals surface area contributed by atoms with Crippen molar-refractivity contribution >= 4 is 27.1 Å². The Morgan fingerprint density at radius 1 is 0.400 bits per heavy atom. The number of rotatable bonds is 62. The van der Waals surface area contributed by atoms with Crippen molar-refractivity contribution in [1.29, 1.82) is 0 Å². The molecule has 2 aromatic carbocycles. The van der Waals surface area contributed by atoms with Crippen molar-refractivity contribution in [1.82, 2.24) is 5.32 Å². The van der Waals surface area contributed by atoms with Crippen molar-refractivity contribution in [3.8, 4) is 23.0 Å². The third-order valence-corrected chi connectivity index (χ3v) is 12.1.